The average Bonchev–Trinajstić information content (AvgIpc) is 2.93. The van der Waals surface area contributed by atoms with E-state index in [0.29, 0.717) is 18.6 Å². The zero-order valence-corrected chi connectivity index (χ0v) is 12.5. The Kier molecular flexibility index (Phi) is 6.10. The van der Waals surface area contributed by atoms with Crippen LogP contribution < -0.4 is 5.32 Å². The molecule has 0 aromatic carbocycles. The van der Waals surface area contributed by atoms with Crippen molar-refractivity contribution < 1.29 is 14.6 Å². The van der Waals surface area contributed by atoms with Gasteiger partial charge in [-0.25, -0.2) is 4.79 Å². The van der Waals surface area contributed by atoms with Crippen molar-refractivity contribution in [1.82, 2.24) is 10.2 Å². The van der Waals surface area contributed by atoms with Crippen LogP contribution in [0.15, 0.2) is 0 Å². The van der Waals surface area contributed by atoms with Crippen LogP contribution in [0.5, 0.6) is 0 Å². The number of likely N-dealkylation sites (tertiary alicyclic amines) is 1. The number of hydrogen-bond acceptors (Lipinski definition) is 4. The zero-order chi connectivity index (χ0) is 14.4. The third-order valence-electron chi connectivity index (χ3n) is 4.54. The number of carbonyl (C=O) groups excluding carboxylic acids is 1. The second-order valence-electron chi connectivity index (χ2n) is 6.07. The number of ether oxygens (including phenoxy) is 1. The molecule has 1 saturated carbocycles. The first kappa shape index (κ1) is 15.6. The summed E-state index contributed by atoms with van der Waals surface area (Å²) in [6.45, 7) is 4.44. The largest absolute Gasteiger partial charge is 0.450 e. The molecule has 0 aromatic heterocycles. The second-order valence-corrected chi connectivity index (χ2v) is 6.07. The fourth-order valence-corrected chi connectivity index (χ4v) is 3.64. The number of amides is 1. The molecule has 2 fully saturated rings. The molecule has 0 bridgehead atoms. The van der Waals surface area contributed by atoms with Crippen LogP contribution in [-0.4, -0.2) is 54.5 Å². The van der Waals surface area contributed by atoms with E-state index in [9.17, 15) is 9.90 Å². The van der Waals surface area contributed by atoms with E-state index in [1.807, 2.05) is 6.92 Å². The molecule has 0 aromatic rings. The summed E-state index contributed by atoms with van der Waals surface area (Å²) in [5, 5.41) is 12.2. The quantitative estimate of drug-likeness (QED) is 0.807. The molecule has 1 aliphatic carbocycles. The van der Waals surface area contributed by atoms with Crippen LogP contribution in [0.1, 0.15) is 45.4 Å². The second kappa shape index (κ2) is 7.84. The first-order valence-electron chi connectivity index (χ1n) is 8.01. The van der Waals surface area contributed by atoms with Gasteiger partial charge in [-0.1, -0.05) is 12.8 Å². The van der Waals surface area contributed by atoms with Crippen LogP contribution in [-0.2, 0) is 4.74 Å². The SMILES string of the molecule is CCOC(=O)NC1CC(CCO)CN(C2CCCC2)C1. The first-order valence-corrected chi connectivity index (χ1v) is 8.01. The number of piperidine rings is 1. The van der Waals surface area contributed by atoms with E-state index < -0.39 is 0 Å². The van der Waals surface area contributed by atoms with Crippen molar-refractivity contribution in [2.45, 2.75) is 57.5 Å². The maximum Gasteiger partial charge on any atom is 0.407 e. The van der Waals surface area contributed by atoms with E-state index in [4.69, 9.17) is 4.74 Å². The molecule has 2 N–H and O–H groups in total. The lowest BCUT2D eigenvalue weighted by Gasteiger charge is -2.41. The fourth-order valence-electron chi connectivity index (χ4n) is 3.64. The van der Waals surface area contributed by atoms with E-state index in [2.05, 4.69) is 10.2 Å². The highest BCUT2D eigenvalue weighted by molar-refractivity contribution is 5.67. The van der Waals surface area contributed by atoms with Crippen LogP contribution in [0.25, 0.3) is 0 Å². The number of hydrogen-bond donors (Lipinski definition) is 2. The van der Waals surface area contributed by atoms with Gasteiger partial charge in [0.25, 0.3) is 0 Å². The molecule has 0 radical (unpaired) electrons. The summed E-state index contributed by atoms with van der Waals surface area (Å²) in [6, 6.07) is 0.822. The van der Waals surface area contributed by atoms with Crippen LogP contribution in [0.3, 0.4) is 0 Å². The number of nitrogens with one attached hydrogen (secondary N) is 1. The number of nitrogens with zero attached hydrogens (tertiary/aromatic N) is 1. The summed E-state index contributed by atoms with van der Waals surface area (Å²) in [5.74, 6) is 0.473. The lowest BCUT2D eigenvalue weighted by molar-refractivity contribution is 0.0803. The van der Waals surface area contributed by atoms with E-state index in [-0.39, 0.29) is 18.7 Å². The molecule has 2 rings (SSSR count). The topological polar surface area (TPSA) is 61.8 Å². The van der Waals surface area contributed by atoms with Crippen molar-refractivity contribution in [3.05, 3.63) is 0 Å². The summed E-state index contributed by atoms with van der Waals surface area (Å²) in [6.07, 6.45) is 6.65. The molecular formula is C15H28N2O3. The summed E-state index contributed by atoms with van der Waals surface area (Å²) in [5.41, 5.74) is 0. The predicted octanol–water partition coefficient (Wildman–Crippen LogP) is 1.75. The van der Waals surface area contributed by atoms with Gasteiger partial charge in [0.15, 0.2) is 0 Å². The third-order valence-corrected chi connectivity index (χ3v) is 4.54. The number of carbonyl (C=O) groups is 1. The molecule has 2 aliphatic rings. The Bertz CT molecular complexity index is 305. The summed E-state index contributed by atoms with van der Waals surface area (Å²) in [4.78, 5) is 14.1. The summed E-state index contributed by atoms with van der Waals surface area (Å²) < 4.78 is 4.98. The third kappa shape index (κ3) is 4.35. The van der Waals surface area contributed by atoms with E-state index in [1.165, 1.54) is 25.7 Å². The van der Waals surface area contributed by atoms with Gasteiger partial charge in [-0.15, -0.1) is 0 Å². The minimum atomic E-state index is -0.312. The van der Waals surface area contributed by atoms with E-state index in [1.54, 1.807) is 0 Å². The van der Waals surface area contributed by atoms with Crippen LogP contribution in [0, 0.1) is 5.92 Å². The molecule has 5 heteroatoms. The van der Waals surface area contributed by atoms with Crippen molar-refractivity contribution >= 4 is 6.09 Å². The minimum absolute atomic E-state index is 0.153. The van der Waals surface area contributed by atoms with Crippen molar-refractivity contribution in [3.8, 4) is 0 Å². The molecular weight excluding hydrogens is 256 g/mol. The molecule has 1 amide bonds. The van der Waals surface area contributed by atoms with Crippen LogP contribution in [0.2, 0.25) is 0 Å². The van der Waals surface area contributed by atoms with Gasteiger partial charge in [0.2, 0.25) is 0 Å². The predicted molar refractivity (Wildman–Crippen MR) is 77.6 cm³/mol. The maximum atomic E-state index is 11.6. The van der Waals surface area contributed by atoms with Gasteiger partial charge < -0.3 is 15.2 Å². The molecule has 2 unspecified atom stereocenters. The molecule has 1 saturated heterocycles. The van der Waals surface area contributed by atoms with Crippen LogP contribution in [0.4, 0.5) is 4.79 Å². The van der Waals surface area contributed by atoms with Gasteiger partial charge in [-0.05, 0) is 38.5 Å². The van der Waals surface area contributed by atoms with Gasteiger partial charge >= 0.3 is 6.09 Å². The molecule has 5 nitrogen and oxygen atoms in total. The highest BCUT2D eigenvalue weighted by atomic mass is 16.5. The van der Waals surface area contributed by atoms with Crippen molar-refractivity contribution in [2.24, 2.45) is 5.92 Å². The Morgan fingerprint density at radius 2 is 2.10 bits per heavy atom. The van der Waals surface area contributed by atoms with Crippen molar-refractivity contribution in [3.63, 3.8) is 0 Å². The number of aliphatic hydroxyl groups excluding tert-OH is 1. The zero-order valence-electron chi connectivity index (χ0n) is 12.5. The molecule has 2 atom stereocenters. The van der Waals surface area contributed by atoms with Gasteiger partial charge in [0.1, 0.15) is 0 Å². The monoisotopic (exact) mass is 284 g/mol. The van der Waals surface area contributed by atoms with Crippen molar-refractivity contribution in [2.75, 3.05) is 26.3 Å². The van der Waals surface area contributed by atoms with Crippen molar-refractivity contribution in [1.29, 1.82) is 0 Å². The average molecular weight is 284 g/mol. The smallest absolute Gasteiger partial charge is 0.407 e. The van der Waals surface area contributed by atoms with Gasteiger partial charge in [0.05, 0.1) is 6.61 Å². The molecule has 1 aliphatic heterocycles. The number of aliphatic hydroxyl groups is 1. The standard InChI is InChI=1S/C15H28N2O3/c1-2-20-15(19)16-13-9-12(7-8-18)10-17(11-13)14-5-3-4-6-14/h12-14,18H,2-11H2,1H3,(H,16,19). The lowest BCUT2D eigenvalue weighted by Crippen LogP contribution is -2.53. The maximum absolute atomic E-state index is 11.6. The number of alkyl carbamates (subject to hydrolysis) is 1. The van der Waals surface area contributed by atoms with E-state index >= 15 is 0 Å². The van der Waals surface area contributed by atoms with Gasteiger partial charge in [0, 0.05) is 31.8 Å². The molecule has 0 spiro atoms. The fraction of sp³-hybridized carbons (Fsp3) is 0.933. The van der Waals surface area contributed by atoms with E-state index in [0.717, 1.165) is 25.9 Å². The number of rotatable bonds is 5. The Labute approximate surface area is 121 Å². The highest BCUT2D eigenvalue weighted by Crippen LogP contribution is 2.29. The Balaban J connectivity index is 1.91. The molecule has 1 heterocycles. The highest BCUT2D eigenvalue weighted by Gasteiger charge is 2.33. The Morgan fingerprint density at radius 3 is 2.75 bits per heavy atom. The summed E-state index contributed by atoms with van der Waals surface area (Å²) >= 11 is 0. The van der Waals surface area contributed by atoms with Crippen LogP contribution >= 0.6 is 0 Å². The van der Waals surface area contributed by atoms with Gasteiger partial charge in [-0.3, -0.25) is 4.90 Å². The first-order chi connectivity index (χ1) is 9.72. The Hall–Kier alpha value is -0.810. The molecule has 116 valence electrons. The minimum Gasteiger partial charge on any atom is -0.450 e. The normalized spacial score (nSPS) is 28.5. The summed E-state index contributed by atoms with van der Waals surface area (Å²) in [7, 11) is 0. The van der Waals surface area contributed by atoms with Gasteiger partial charge in [-0.2, -0.15) is 0 Å². The molecule has 20 heavy (non-hydrogen) atoms. The lowest BCUT2D eigenvalue weighted by atomic mass is 9.90. The Morgan fingerprint density at radius 1 is 1.35 bits per heavy atom.